The molecule has 0 radical (unpaired) electrons. The van der Waals surface area contributed by atoms with Gasteiger partial charge < -0.3 is 10.2 Å². The third-order valence-electron chi connectivity index (χ3n) is 2.76. The number of non-ortho nitro benzene ring substituents is 1. The molecule has 0 heterocycles. The lowest BCUT2D eigenvalue weighted by Gasteiger charge is -2.01. The normalized spacial score (nSPS) is 10.8. The Morgan fingerprint density at radius 3 is 2.55 bits per heavy atom. The summed E-state index contributed by atoms with van der Waals surface area (Å²) in [5.74, 6) is -0.460. The molecule has 0 spiro atoms. The van der Waals surface area contributed by atoms with Gasteiger partial charge in [-0.25, -0.2) is 0 Å². The van der Waals surface area contributed by atoms with E-state index in [1.54, 1.807) is 19.1 Å². The van der Waals surface area contributed by atoms with Gasteiger partial charge in [-0.2, -0.15) is 0 Å². The summed E-state index contributed by atoms with van der Waals surface area (Å²) in [6.45, 7) is 1.80. The van der Waals surface area contributed by atoms with Gasteiger partial charge in [-0.3, -0.25) is 15.1 Å². The van der Waals surface area contributed by atoms with Crippen LogP contribution in [0.25, 0.3) is 0 Å². The van der Waals surface area contributed by atoms with Gasteiger partial charge in [0.05, 0.1) is 10.6 Å². The highest BCUT2D eigenvalue weighted by molar-refractivity contribution is 5.83. The maximum atomic E-state index is 10.7. The molecule has 0 atom stereocenters. The van der Waals surface area contributed by atoms with Crippen LogP contribution in [0.5, 0.6) is 11.5 Å². The van der Waals surface area contributed by atoms with Gasteiger partial charge in [0, 0.05) is 18.3 Å². The maximum absolute atomic E-state index is 10.7. The number of benzene rings is 2. The van der Waals surface area contributed by atoms with Crippen molar-refractivity contribution in [3.05, 3.63) is 57.6 Å². The Balaban J connectivity index is 2.33. The molecule has 0 amide bonds. The molecule has 0 saturated heterocycles. The second-order valence-electron chi connectivity index (χ2n) is 4.23. The zero-order valence-corrected chi connectivity index (χ0v) is 10.6. The summed E-state index contributed by atoms with van der Waals surface area (Å²) in [7, 11) is 0. The molecular formula is C14H12N2O4. The number of aliphatic imine (C=N–C) groups is 1. The number of nitro groups is 1. The quantitative estimate of drug-likeness (QED) is 0.388. The number of rotatable bonds is 3. The molecule has 6 nitrogen and oxygen atoms in total. The van der Waals surface area contributed by atoms with Gasteiger partial charge in [0.25, 0.3) is 5.69 Å². The lowest BCUT2D eigenvalue weighted by Crippen LogP contribution is -1.88. The third-order valence-corrected chi connectivity index (χ3v) is 2.76. The summed E-state index contributed by atoms with van der Waals surface area (Å²) in [5.41, 5.74) is 1.82. The Kier molecular flexibility index (Phi) is 3.65. The summed E-state index contributed by atoms with van der Waals surface area (Å²) in [6.07, 6.45) is 1.46. The summed E-state index contributed by atoms with van der Waals surface area (Å²) in [4.78, 5) is 14.4. The highest BCUT2D eigenvalue weighted by Crippen LogP contribution is 2.26. The van der Waals surface area contributed by atoms with Crippen LogP contribution in [0.4, 0.5) is 11.4 Å². The van der Waals surface area contributed by atoms with Crippen LogP contribution in [-0.2, 0) is 0 Å². The van der Waals surface area contributed by atoms with Crippen molar-refractivity contribution in [2.75, 3.05) is 0 Å². The van der Waals surface area contributed by atoms with Crippen LogP contribution >= 0.6 is 0 Å². The Morgan fingerprint density at radius 1 is 1.15 bits per heavy atom. The zero-order valence-electron chi connectivity index (χ0n) is 10.6. The van der Waals surface area contributed by atoms with Crippen LogP contribution in [0.15, 0.2) is 41.4 Å². The monoisotopic (exact) mass is 272 g/mol. The standard InChI is InChI=1S/C14H12N2O4/c1-9-2-4-11(16(19)20)7-12(9)15-8-10-3-5-13(17)14(18)6-10/h2-8,17-18H,1H3. The Bertz CT molecular complexity index is 696. The summed E-state index contributed by atoms with van der Waals surface area (Å²) >= 11 is 0. The lowest BCUT2D eigenvalue weighted by atomic mass is 10.2. The molecular weight excluding hydrogens is 260 g/mol. The first-order valence-electron chi connectivity index (χ1n) is 5.78. The first-order chi connectivity index (χ1) is 9.47. The van der Waals surface area contributed by atoms with E-state index >= 15 is 0 Å². The molecule has 0 saturated carbocycles. The van der Waals surface area contributed by atoms with Gasteiger partial charge in [0.1, 0.15) is 0 Å². The molecule has 0 fully saturated rings. The third kappa shape index (κ3) is 2.92. The molecule has 2 rings (SSSR count). The lowest BCUT2D eigenvalue weighted by molar-refractivity contribution is -0.384. The number of nitrogens with zero attached hydrogens (tertiary/aromatic N) is 2. The van der Waals surface area contributed by atoms with Crippen molar-refractivity contribution in [2.24, 2.45) is 4.99 Å². The summed E-state index contributed by atoms with van der Waals surface area (Å²) < 4.78 is 0. The van der Waals surface area contributed by atoms with E-state index in [0.717, 1.165) is 5.56 Å². The highest BCUT2D eigenvalue weighted by atomic mass is 16.6. The molecule has 2 aromatic rings. The van der Waals surface area contributed by atoms with Gasteiger partial charge in [-0.15, -0.1) is 0 Å². The van der Waals surface area contributed by atoms with Crippen LogP contribution in [0.2, 0.25) is 0 Å². The van der Waals surface area contributed by atoms with E-state index in [9.17, 15) is 20.3 Å². The van der Waals surface area contributed by atoms with E-state index in [0.29, 0.717) is 11.3 Å². The molecule has 0 bridgehead atoms. The van der Waals surface area contributed by atoms with E-state index in [1.807, 2.05) is 0 Å². The predicted molar refractivity (Wildman–Crippen MR) is 74.9 cm³/mol. The van der Waals surface area contributed by atoms with E-state index in [2.05, 4.69) is 4.99 Å². The minimum atomic E-state index is -0.481. The fraction of sp³-hybridized carbons (Fsp3) is 0.0714. The fourth-order valence-corrected chi connectivity index (χ4v) is 1.62. The minimum absolute atomic E-state index is 0.0312. The van der Waals surface area contributed by atoms with Gasteiger partial charge >= 0.3 is 0 Å². The van der Waals surface area contributed by atoms with E-state index in [-0.39, 0.29) is 17.2 Å². The molecule has 102 valence electrons. The van der Waals surface area contributed by atoms with Crippen molar-refractivity contribution in [3.8, 4) is 11.5 Å². The number of aromatic hydroxyl groups is 2. The van der Waals surface area contributed by atoms with Crippen molar-refractivity contribution in [1.29, 1.82) is 0 Å². The van der Waals surface area contributed by atoms with Crippen LogP contribution in [-0.4, -0.2) is 21.4 Å². The molecule has 2 aromatic carbocycles. The predicted octanol–water partition coefficient (Wildman–Crippen LogP) is 3.07. The van der Waals surface area contributed by atoms with Gasteiger partial charge in [0.15, 0.2) is 11.5 Å². The van der Waals surface area contributed by atoms with Gasteiger partial charge in [-0.05, 0) is 36.2 Å². The molecule has 0 aromatic heterocycles. The molecule has 0 aliphatic carbocycles. The largest absolute Gasteiger partial charge is 0.504 e. The molecule has 0 aliphatic rings. The van der Waals surface area contributed by atoms with E-state index < -0.39 is 4.92 Å². The average molecular weight is 272 g/mol. The van der Waals surface area contributed by atoms with Crippen molar-refractivity contribution in [2.45, 2.75) is 6.92 Å². The number of phenolic OH excluding ortho intramolecular Hbond substituents is 2. The SMILES string of the molecule is Cc1ccc([N+](=O)[O-])cc1N=Cc1ccc(O)c(O)c1. The molecule has 0 aliphatic heterocycles. The van der Waals surface area contributed by atoms with Crippen LogP contribution in [0.3, 0.4) is 0 Å². The van der Waals surface area contributed by atoms with Crippen molar-refractivity contribution < 1.29 is 15.1 Å². The minimum Gasteiger partial charge on any atom is -0.504 e. The zero-order chi connectivity index (χ0) is 14.7. The topological polar surface area (TPSA) is 96.0 Å². The maximum Gasteiger partial charge on any atom is 0.271 e. The van der Waals surface area contributed by atoms with Crippen molar-refractivity contribution in [1.82, 2.24) is 0 Å². The smallest absolute Gasteiger partial charge is 0.271 e. The number of phenols is 2. The van der Waals surface area contributed by atoms with Crippen molar-refractivity contribution in [3.63, 3.8) is 0 Å². The number of aryl methyl sites for hydroxylation is 1. The highest BCUT2D eigenvalue weighted by Gasteiger charge is 2.07. The van der Waals surface area contributed by atoms with E-state index in [4.69, 9.17) is 0 Å². The number of hydrogen-bond acceptors (Lipinski definition) is 5. The summed E-state index contributed by atoms with van der Waals surface area (Å²) in [6, 6.07) is 8.69. The van der Waals surface area contributed by atoms with Crippen LogP contribution in [0, 0.1) is 17.0 Å². The second-order valence-corrected chi connectivity index (χ2v) is 4.23. The van der Waals surface area contributed by atoms with Gasteiger partial charge in [-0.1, -0.05) is 6.07 Å². The fourth-order valence-electron chi connectivity index (χ4n) is 1.62. The summed E-state index contributed by atoms with van der Waals surface area (Å²) in [5, 5.41) is 29.3. The Labute approximate surface area is 114 Å². The first-order valence-corrected chi connectivity index (χ1v) is 5.78. The van der Waals surface area contributed by atoms with Crippen molar-refractivity contribution >= 4 is 17.6 Å². The molecule has 0 unspecified atom stereocenters. The van der Waals surface area contributed by atoms with Crippen LogP contribution in [0.1, 0.15) is 11.1 Å². The molecule has 6 heteroatoms. The molecule has 2 N–H and O–H groups in total. The average Bonchev–Trinajstić information content (AvgIpc) is 2.41. The number of hydrogen-bond donors (Lipinski definition) is 2. The van der Waals surface area contributed by atoms with Gasteiger partial charge in [0.2, 0.25) is 0 Å². The first kappa shape index (κ1) is 13.5. The Morgan fingerprint density at radius 2 is 1.90 bits per heavy atom. The van der Waals surface area contributed by atoms with Crippen LogP contribution < -0.4 is 0 Å². The Hall–Kier alpha value is -2.89. The number of nitro benzene ring substituents is 1. The second kappa shape index (κ2) is 5.40. The van der Waals surface area contributed by atoms with E-state index in [1.165, 1.54) is 30.5 Å². The molecule has 20 heavy (non-hydrogen) atoms.